The molecule has 1 aliphatic carbocycles. The van der Waals surface area contributed by atoms with Crippen molar-refractivity contribution in [3.63, 3.8) is 0 Å². The van der Waals surface area contributed by atoms with Crippen LogP contribution in [0.5, 0.6) is 0 Å². The zero-order valence-electron chi connectivity index (χ0n) is 28.6. The van der Waals surface area contributed by atoms with Crippen LogP contribution in [0, 0.1) is 19.7 Å². The van der Waals surface area contributed by atoms with E-state index in [4.69, 9.17) is 16.6 Å². The summed E-state index contributed by atoms with van der Waals surface area (Å²) in [7, 11) is 2.19. The Kier molecular flexibility index (Phi) is 9.76. The highest BCUT2D eigenvalue weighted by Crippen LogP contribution is 2.36. The molecule has 11 heteroatoms. The Morgan fingerprint density at radius 1 is 1.06 bits per heavy atom. The molecule has 0 unspecified atom stereocenters. The van der Waals surface area contributed by atoms with E-state index in [-0.39, 0.29) is 28.6 Å². The number of nitrogens with one attached hydrogen (secondary N) is 2. The highest BCUT2D eigenvalue weighted by molar-refractivity contribution is 6.33. The third-order valence-corrected chi connectivity index (χ3v) is 10.7. The van der Waals surface area contributed by atoms with E-state index >= 15 is 0 Å². The number of hydrogen-bond acceptors (Lipinski definition) is 7. The summed E-state index contributed by atoms with van der Waals surface area (Å²) < 4.78 is 16.4. The van der Waals surface area contributed by atoms with E-state index in [1.54, 1.807) is 22.9 Å². The molecule has 4 aromatic rings. The van der Waals surface area contributed by atoms with Crippen molar-refractivity contribution in [2.24, 2.45) is 0 Å². The van der Waals surface area contributed by atoms with Gasteiger partial charge in [0.1, 0.15) is 11.5 Å². The standard InChI is InChI=1S/C37H45ClFN7O2/c1-7-32(47)41-25-11-14-27(15-12-25)46-35-29(24(5)33(36(46)48)28-9-8-10-30(39)34(28)38)18-40-37(43-35)42-26-13-16-31(21(2)17-26)45-19-22(3)44(6)23(4)20-45/h8-10,13,16-18,22-23,25,27H,7,11-12,14-15,19-20H2,1-6H3,(H,41,47)(H,40,42,43)/t22-,23+,25?,27?. The number of halogens is 2. The lowest BCUT2D eigenvalue weighted by atomic mass is 9.90. The number of benzene rings is 2. The Hall–Kier alpha value is -4.02. The predicted octanol–water partition coefficient (Wildman–Crippen LogP) is 7.15. The van der Waals surface area contributed by atoms with Gasteiger partial charge in [0.25, 0.3) is 5.56 Å². The van der Waals surface area contributed by atoms with Gasteiger partial charge in [-0.25, -0.2) is 9.37 Å². The maximum atomic E-state index is 14.6. The summed E-state index contributed by atoms with van der Waals surface area (Å²) >= 11 is 6.44. The monoisotopic (exact) mass is 673 g/mol. The third-order valence-electron chi connectivity index (χ3n) is 10.3. The molecule has 48 heavy (non-hydrogen) atoms. The van der Waals surface area contributed by atoms with Crippen LogP contribution >= 0.6 is 11.6 Å². The molecule has 0 bridgehead atoms. The van der Waals surface area contributed by atoms with Gasteiger partial charge in [-0.05, 0) is 95.8 Å². The molecule has 1 amide bonds. The Bertz CT molecular complexity index is 1890. The Balaban J connectivity index is 1.37. The van der Waals surface area contributed by atoms with E-state index in [0.717, 1.165) is 37.2 Å². The average Bonchev–Trinajstić information content (AvgIpc) is 3.06. The van der Waals surface area contributed by atoms with Gasteiger partial charge in [0.15, 0.2) is 0 Å². The van der Waals surface area contributed by atoms with Crippen LogP contribution in [0.4, 0.5) is 21.7 Å². The maximum absolute atomic E-state index is 14.6. The minimum atomic E-state index is -0.583. The first kappa shape index (κ1) is 33.9. The molecule has 3 heterocycles. The van der Waals surface area contributed by atoms with Crippen molar-refractivity contribution in [3.05, 3.63) is 74.9 Å². The largest absolute Gasteiger partial charge is 0.368 e. The van der Waals surface area contributed by atoms with Gasteiger partial charge in [-0.2, -0.15) is 4.98 Å². The molecular weight excluding hydrogens is 629 g/mol. The first-order chi connectivity index (χ1) is 23.0. The van der Waals surface area contributed by atoms with Gasteiger partial charge in [0, 0.05) is 72.2 Å². The minimum absolute atomic E-state index is 0.0267. The number of aryl methyl sites for hydroxylation is 2. The van der Waals surface area contributed by atoms with Crippen molar-refractivity contribution < 1.29 is 9.18 Å². The summed E-state index contributed by atoms with van der Waals surface area (Å²) in [5.74, 6) is -0.177. The lowest BCUT2D eigenvalue weighted by Gasteiger charge is -2.44. The smallest absolute Gasteiger partial charge is 0.260 e. The molecule has 2 aliphatic rings. The normalized spacial score (nSPS) is 21.8. The van der Waals surface area contributed by atoms with E-state index in [9.17, 15) is 14.0 Å². The van der Waals surface area contributed by atoms with Gasteiger partial charge in [0.05, 0.1) is 10.6 Å². The molecule has 2 aromatic carbocycles. The summed E-state index contributed by atoms with van der Waals surface area (Å²) in [6, 6.07) is 11.6. The van der Waals surface area contributed by atoms with Crippen molar-refractivity contribution in [1.29, 1.82) is 0 Å². The summed E-state index contributed by atoms with van der Waals surface area (Å²) in [4.78, 5) is 41.0. The highest BCUT2D eigenvalue weighted by atomic mass is 35.5. The molecule has 1 saturated carbocycles. The number of likely N-dealkylation sites (N-methyl/N-ethyl adjacent to an activating group) is 1. The number of carbonyl (C=O) groups is 1. The highest BCUT2D eigenvalue weighted by Gasteiger charge is 2.30. The molecule has 6 rings (SSSR count). The Morgan fingerprint density at radius 3 is 2.44 bits per heavy atom. The zero-order valence-corrected chi connectivity index (χ0v) is 29.4. The molecule has 2 fully saturated rings. The van der Waals surface area contributed by atoms with Crippen LogP contribution in [-0.2, 0) is 4.79 Å². The fourth-order valence-corrected chi connectivity index (χ4v) is 7.59. The van der Waals surface area contributed by atoms with Gasteiger partial charge in [0.2, 0.25) is 11.9 Å². The lowest BCUT2D eigenvalue weighted by Crippen LogP contribution is -2.55. The molecule has 2 atom stereocenters. The van der Waals surface area contributed by atoms with Gasteiger partial charge < -0.3 is 15.5 Å². The first-order valence-corrected chi connectivity index (χ1v) is 17.3. The first-order valence-electron chi connectivity index (χ1n) is 17.0. The molecule has 0 spiro atoms. The second kappa shape index (κ2) is 13.8. The fourth-order valence-electron chi connectivity index (χ4n) is 7.37. The Morgan fingerprint density at radius 2 is 1.77 bits per heavy atom. The van der Waals surface area contributed by atoms with Crippen LogP contribution in [-0.4, -0.2) is 63.6 Å². The summed E-state index contributed by atoms with van der Waals surface area (Å²) in [5.41, 5.74) is 4.80. The van der Waals surface area contributed by atoms with Crippen molar-refractivity contribution >= 4 is 45.9 Å². The van der Waals surface area contributed by atoms with E-state index in [0.29, 0.717) is 65.0 Å². The molecule has 9 nitrogen and oxygen atoms in total. The van der Waals surface area contributed by atoms with Crippen molar-refractivity contribution in [2.45, 2.75) is 90.9 Å². The Labute approximate surface area is 286 Å². The maximum Gasteiger partial charge on any atom is 0.260 e. The van der Waals surface area contributed by atoms with Gasteiger partial charge in [-0.3, -0.25) is 19.1 Å². The van der Waals surface area contributed by atoms with Crippen molar-refractivity contribution in [1.82, 2.24) is 24.8 Å². The number of anilines is 3. The number of amides is 1. The van der Waals surface area contributed by atoms with Crippen LogP contribution in [0.3, 0.4) is 0 Å². The average molecular weight is 674 g/mol. The quantitative estimate of drug-likeness (QED) is 0.215. The van der Waals surface area contributed by atoms with E-state index in [1.807, 2.05) is 19.9 Å². The predicted molar refractivity (Wildman–Crippen MR) is 192 cm³/mol. The number of fused-ring (bicyclic) bond motifs is 1. The number of piperazine rings is 1. The van der Waals surface area contributed by atoms with Crippen LogP contribution in [0.15, 0.2) is 47.4 Å². The van der Waals surface area contributed by atoms with E-state index < -0.39 is 5.82 Å². The van der Waals surface area contributed by atoms with Crippen molar-refractivity contribution in [2.75, 3.05) is 30.4 Å². The molecular formula is C37H45ClFN7O2. The van der Waals surface area contributed by atoms with Gasteiger partial charge >= 0.3 is 0 Å². The fraction of sp³-hybridized carbons (Fsp3) is 0.459. The third kappa shape index (κ3) is 6.52. The van der Waals surface area contributed by atoms with Crippen LogP contribution in [0.25, 0.3) is 22.2 Å². The number of rotatable bonds is 7. The van der Waals surface area contributed by atoms with E-state index in [1.165, 1.54) is 11.8 Å². The van der Waals surface area contributed by atoms with Crippen LogP contribution in [0.2, 0.25) is 5.02 Å². The number of aromatic nitrogens is 3. The molecule has 1 saturated heterocycles. The number of pyridine rings is 1. The zero-order chi connectivity index (χ0) is 34.3. The number of hydrogen-bond donors (Lipinski definition) is 2. The summed E-state index contributed by atoms with van der Waals surface area (Å²) in [6.45, 7) is 12.3. The molecule has 0 radical (unpaired) electrons. The molecule has 2 N–H and O–H groups in total. The molecule has 254 valence electrons. The number of nitrogens with zero attached hydrogens (tertiary/aromatic N) is 5. The molecule has 2 aromatic heterocycles. The van der Waals surface area contributed by atoms with Gasteiger partial charge in [-0.15, -0.1) is 0 Å². The van der Waals surface area contributed by atoms with Gasteiger partial charge in [-0.1, -0.05) is 30.7 Å². The topological polar surface area (TPSA) is 95.4 Å². The van der Waals surface area contributed by atoms with Crippen molar-refractivity contribution in [3.8, 4) is 11.1 Å². The van der Waals surface area contributed by atoms with Crippen LogP contribution < -0.4 is 21.1 Å². The minimum Gasteiger partial charge on any atom is -0.368 e. The summed E-state index contributed by atoms with van der Waals surface area (Å²) in [5, 5.41) is 7.08. The van der Waals surface area contributed by atoms with Crippen LogP contribution in [0.1, 0.15) is 70.0 Å². The second-order valence-electron chi connectivity index (χ2n) is 13.5. The molecule has 1 aliphatic heterocycles. The summed E-state index contributed by atoms with van der Waals surface area (Å²) in [6.07, 6.45) is 5.00. The number of carbonyl (C=O) groups excluding carboxylic acids is 1. The van der Waals surface area contributed by atoms with E-state index in [2.05, 4.69) is 65.4 Å². The SMILES string of the molecule is CCC(=O)NC1CCC(n2c(=O)c(-c3cccc(F)c3Cl)c(C)c3cnc(Nc4ccc(N5C[C@@H](C)N(C)[C@@H](C)C5)c(C)c4)nc32)CC1. The lowest BCUT2D eigenvalue weighted by molar-refractivity contribution is -0.121. The second-order valence-corrected chi connectivity index (χ2v) is 13.9.